The number of hydrogen-bond acceptors (Lipinski definition) is 4. The summed E-state index contributed by atoms with van der Waals surface area (Å²) in [6.45, 7) is 1.92. The van der Waals surface area contributed by atoms with Crippen molar-refractivity contribution >= 4 is 21.7 Å². The first-order chi connectivity index (χ1) is 13.2. The number of nitrogens with one attached hydrogen (secondary N) is 2. The van der Waals surface area contributed by atoms with Gasteiger partial charge < -0.3 is 15.4 Å². The maximum absolute atomic E-state index is 12.4. The zero-order chi connectivity index (χ0) is 20.7. The molecule has 0 aromatic heterocycles. The lowest BCUT2D eigenvalue weighted by atomic mass is 10.1. The molecule has 2 amide bonds. The minimum atomic E-state index is -3.62. The Morgan fingerprint density at radius 1 is 1.14 bits per heavy atom. The van der Waals surface area contributed by atoms with Crippen LogP contribution in [-0.2, 0) is 16.4 Å². The van der Waals surface area contributed by atoms with E-state index in [4.69, 9.17) is 4.74 Å². The number of carbonyl (C=O) groups excluding carboxylic acids is 1. The molecule has 0 spiro atoms. The maximum atomic E-state index is 12.4. The molecular formula is C20H27N3O4S. The number of benzene rings is 2. The highest BCUT2D eigenvalue weighted by atomic mass is 32.2. The molecule has 2 rings (SSSR count). The second kappa shape index (κ2) is 9.57. The van der Waals surface area contributed by atoms with Crippen LogP contribution in [0.3, 0.4) is 0 Å². The summed E-state index contributed by atoms with van der Waals surface area (Å²) in [6, 6.07) is 13.9. The van der Waals surface area contributed by atoms with Crippen LogP contribution in [0.5, 0.6) is 5.75 Å². The zero-order valence-electron chi connectivity index (χ0n) is 16.6. The summed E-state index contributed by atoms with van der Waals surface area (Å²) < 4.78 is 31.0. The van der Waals surface area contributed by atoms with Crippen molar-refractivity contribution in [2.24, 2.45) is 0 Å². The Kier molecular flexibility index (Phi) is 7.42. The molecule has 0 aliphatic rings. The van der Waals surface area contributed by atoms with E-state index in [0.717, 1.165) is 17.1 Å². The van der Waals surface area contributed by atoms with Gasteiger partial charge in [-0.2, -0.15) is 0 Å². The first-order valence-corrected chi connectivity index (χ1v) is 10.4. The van der Waals surface area contributed by atoms with Gasteiger partial charge in [0, 0.05) is 20.1 Å². The predicted octanol–water partition coefficient (Wildman–Crippen LogP) is 3.09. The number of aryl methyl sites for hydroxylation is 1. The molecule has 28 heavy (non-hydrogen) atoms. The van der Waals surface area contributed by atoms with Crippen LogP contribution in [0.1, 0.15) is 18.9 Å². The summed E-state index contributed by atoms with van der Waals surface area (Å²) in [5, 5.41) is 5.55. The quantitative estimate of drug-likeness (QED) is 0.706. The van der Waals surface area contributed by atoms with Gasteiger partial charge in [-0.3, -0.25) is 0 Å². The van der Waals surface area contributed by atoms with E-state index in [-0.39, 0.29) is 16.6 Å². The van der Waals surface area contributed by atoms with E-state index in [0.29, 0.717) is 5.75 Å². The van der Waals surface area contributed by atoms with Gasteiger partial charge in [0.15, 0.2) is 0 Å². The monoisotopic (exact) mass is 405 g/mol. The van der Waals surface area contributed by atoms with Gasteiger partial charge in [0.05, 0.1) is 17.7 Å². The first kappa shape index (κ1) is 21.7. The van der Waals surface area contributed by atoms with Gasteiger partial charge in [-0.25, -0.2) is 17.5 Å². The van der Waals surface area contributed by atoms with Crippen molar-refractivity contribution in [1.82, 2.24) is 9.62 Å². The van der Waals surface area contributed by atoms with E-state index >= 15 is 0 Å². The van der Waals surface area contributed by atoms with Crippen LogP contribution in [0.2, 0.25) is 0 Å². The Bertz CT molecular complexity index is 899. The van der Waals surface area contributed by atoms with E-state index < -0.39 is 16.1 Å². The summed E-state index contributed by atoms with van der Waals surface area (Å²) in [5.41, 5.74) is 1.50. The number of urea groups is 1. The largest absolute Gasteiger partial charge is 0.495 e. The topological polar surface area (TPSA) is 87.7 Å². The molecule has 2 aromatic rings. The van der Waals surface area contributed by atoms with Gasteiger partial charge in [0.25, 0.3) is 0 Å². The van der Waals surface area contributed by atoms with Crippen molar-refractivity contribution in [3.63, 3.8) is 0 Å². The standard InChI is InChI=1S/C20H27N3O4S/c1-15(10-11-16-8-6-5-7-9-16)21-20(24)22-18-14-17(12-13-19(18)27-4)28(25,26)23(2)3/h5-9,12-15H,10-11H2,1-4H3,(H2,21,22,24)/t15-/m0/s1. The van der Waals surface area contributed by atoms with E-state index in [1.54, 1.807) is 0 Å². The number of nitrogens with zero attached hydrogens (tertiary/aromatic N) is 1. The van der Waals surface area contributed by atoms with Gasteiger partial charge in [0.1, 0.15) is 5.75 Å². The predicted molar refractivity (Wildman–Crippen MR) is 110 cm³/mol. The summed E-state index contributed by atoms with van der Waals surface area (Å²) in [7, 11) is 0.747. The lowest BCUT2D eigenvalue weighted by molar-refractivity contribution is 0.248. The molecule has 0 aliphatic heterocycles. The second-order valence-electron chi connectivity index (χ2n) is 6.67. The highest BCUT2D eigenvalue weighted by molar-refractivity contribution is 7.89. The average Bonchev–Trinajstić information content (AvgIpc) is 2.66. The number of rotatable bonds is 8. The molecule has 0 radical (unpaired) electrons. The maximum Gasteiger partial charge on any atom is 0.319 e. The number of hydrogen-bond donors (Lipinski definition) is 2. The number of sulfonamides is 1. The Morgan fingerprint density at radius 2 is 1.82 bits per heavy atom. The third kappa shape index (κ3) is 5.71. The molecule has 7 nitrogen and oxygen atoms in total. The van der Waals surface area contributed by atoms with Gasteiger partial charge >= 0.3 is 6.03 Å². The minimum absolute atomic E-state index is 0.0557. The van der Waals surface area contributed by atoms with Crippen LogP contribution in [-0.4, -0.2) is 46.0 Å². The molecule has 0 bridgehead atoms. The number of amides is 2. The molecule has 0 saturated carbocycles. The van der Waals surface area contributed by atoms with E-state index in [1.807, 2.05) is 37.3 Å². The normalized spacial score (nSPS) is 12.5. The minimum Gasteiger partial charge on any atom is -0.495 e. The fraction of sp³-hybridized carbons (Fsp3) is 0.350. The molecule has 8 heteroatoms. The van der Waals surface area contributed by atoms with Gasteiger partial charge in [-0.05, 0) is 43.5 Å². The SMILES string of the molecule is COc1ccc(S(=O)(=O)N(C)C)cc1NC(=O)N[C@@H](C)CCc1ccccc1. The number of carbonyl (C=O) groups is 1. The molecule has 2 aromatic carbocycles. The second-order valence-corrected chi connectivity index (χ2v) is 8.83. The molecule has 0 heterocycles. The fourth-order valence-corrected chi connectivity index (χ4v) is 3.57. The zero-order valence-corrected chi connectivity index (χ0v) is 17.4. The van der Waals surface area contributed by atoms with Crippen molar-refractivity contribution in [3.8, 4) is 5.75 Å². The molecule has 0 saturated heterocycles. The molecule has 152 valence electrons. The highest BCUT2D eigenvalue weighted by Crippen LogP contribution is 2.28. The van der Waals surface area contributed by atoms with Crippen LogP contribution in [0, 0.1) is 0 Å². The van der Waals surface area contributed by atoms with Gasteiger partial charge in [-0.15, -0.1) is 0 Å². The van der Waals surface area contributed by atoms with Crippen LogP contribution in [0.4, 0.5) is 10.5 Å². The Hall–Kier alpha value is -2.58. The van der Waals surface area contributed by atoms with E-state index in [2.05, 4.69) is 10.6 Å². The lowest BCUT2D eigenvalue weighted by Gasteiger charge is -2.17. The average molecular weight is 406 g/mol. The Morgan fingerprint density at radius 3 is 2.43 bits per heavy atom. The van der Waals surface area contributed by atoms with Crippen LogP contribution >= 0.6 is 0 Å². The summed E-state index contributed by atoms with van der Waals surface area (Å²) in [6.07, 6.45) is 1.63. The third-order valence-corrected chi connectivity index (χ3v) is 6.10. The first-order valence-electron chi connectivity index (χ1n) is 8.96. The van der Waals surface area contributed by atoms with Crippen LogP contribution in [0.15, 0.2) is 53.4 Å². The van der Waals surface area contributed by atoms with Gasteiger partial charge in [-0.1, -0.05) is 30.3 Å². The summed E-state index contributed by atoms with van der Waals surface area (Å²) in [5.74, 6) is 0.379. The summed E-state index contributed by atoms with van der Waals surface area (Å²) >= 11 is 0. The third-order valence-electron chi connectivity index (χ3n) is 4.28. The highest BCUT2D eigenvalue weighted by Gasteiger charge is 2.20. The molecule has 1 atom stereocenters. The number of methoxy groups -OCH3 is 1. The number of anilines is 1. The van der Waals surface area contributed by atoms with Crippen molar-refractivity contribution < 1.29 is 17.9 Å². The lowest BCUT2D eigenvalue weighted by Crippen LogP contribution is -2.36. The number of ether oxygens (including phenoxy) is 1. The molecule has 2 N–H and O–H groups in total. The van der Waals surface area contributed by atoms with Crippen molar-refractivity contribution in [1.29, 1.82) is 0 Å². The molecular weight excluding hydrogens is 378 g/mol. The van der Waals surface area contributed by atoms with Gasteiger partial charge in [0.2, 0.25) is 10.0 Å². The fourth-order valence-electron chi connectivity index (χ4n) is 2.64. The molecule has 0 unspecified atom stereocenters. The van der Waals surface area contributed by atoms with E-state index in [9.17, 15) is 13.2 Å². The van der Waals surface area contributed by atoms with Crippen molar-refractivity contribution in [2.45, 2.75) is 30.7 Å². The van der Waals surface area contributed by atoms with E-state index in [1.165, 1.54) is 45.0 Å². The summed E-state index contributed by atoms with van der Waals surface area (Å²) in [4.78, 5) is 12.4. The molecule has 0 aliphatic carbocycles. The molecule has 0 fully saturated rings. The van der Waals surface area contributed by atoms with Crippen molar-refractivity contribution in [2.75, 3.05) is 26.5 Å². The Labute approximate surface area is 166 Å². The Balaban J connectivity index is 2.03. The van der Waals surface area contributed by atoms with Crippen LogP contribution in [0.25, 0.3) is 0 Å². The smallest absolute Gasteiger partial charge is 0.319 e. The van der Waals surface area contributed by atoms with Crippen LogP contribution < -0.4 is 15.4 Å². The van der Waals surface area contributed by atoms with Crippen molar-refractivity contribution in [3.05, 3.63) is 54.1 Å².